The molecular formula is C32H40N4O4. The lowest BCUT2D eigenvalue weighted by molar-refractivity contribution is -0.134. The van der Waals surface area contributed by atoms with Gasteiger partial charge in [0.1, 0.15) is 17.2 Å². The second-order valence-corrected chi connectivity index (χ2v) is 13.3. The second-order valence-electron chi connectivity index (χ2n) is 13.3. The molecule has 4 rings (SSSR count). The molecule has 2 aromatic heterocycles. The van der Waals surface area contributed by atoms with Gasteiger partial charge in [0.15, 0.2) is 11.6 Å². The van der Waals surface area contributed by atoms with Crippen LogP contribution in [0.1, 0.15) is 95.1 Å². The first-order valence-corrected chi connectivity index (χ1v) is 13.7. The number of pyridine rings is 1. The van der Waals surface area contributed by atoms with Crippen LogP contribution in [0.2, 0.25) is 0 Å². The van der Waals surface area contributed by atoms with Crippen LogP contribution in [0.3, 0.4) is 0 Å². The molecule has 2 N–H and O–H groups in total. The Bertz CT molecular complexity index is 1400. The van der Waals surface area contributed by atoms with Crippen molar-refractivity contribution in [3.8, 4) is 0 Å². The van der Waals surface area contributed by atoms with E-state index in [0.29, 0.717) is 35.3 Å². The summed E-state index contributed by atoms with van der Waals surface area (Å²) >= 11 is 0. The molecule has 1 aromatic carbocycles. The number of Topliss-reactive ketones (excluding diaryl/α,β-unsaturated/α-hetero) is 2. The number of nitrogens with zero attached hydrogens (tertiary/aromatic N) is 2. The van der Waals surface area contributed by atoms with E-state index in [-0.39, 0.29) is 40.2 Å². The van der Waals surface area contributed by atoms with E-state index in [1.54, 1.807) is 42.6 Å². The summed E-state index contributed by atoms with van der Waals surface area (Å²) in [6, 6.07) is 11.9. The fourth-order valence-corrected chi connectivity index (χ4v) is 5.68. The van der Waals surface area contributed by atoms with Crippen molar-refractivity contribution >= 4 is 29.1 Å². The molecule has 1 aliphatic rings. The minimum Gasteiger partial charge on any atom is -0.359 e. The zero-order valence-electron chi connectivity index (χ0n) is 24.7. The van der Waals surface area contributed by atoms with E-state index in [1.165, 1.54) is 0 Å². The lowest BCUT2D eigenvalue weighted by atomic mass is 9.52. The van der Waals surface area contributed by atoms with E-state index in [1.807, 2.05) is 26.8 Å². The predicted octanol–water partition coefficient (Wildman–Crippen LogP) is 7.18. The molecule has 0 aliphatic heterocycles. The van der Waals surface area contributed by atoms with Crippen molar-refractivity contribution in [3.63, 3.8) is 0 Å². The number of urea groups is 1. The molecule has 8 nitrogen and oxygen atoms in total. The monoisotopic (exact) mass is 544 g/mol. The molecule has 1 aliphatic carbocycles. The fourth-order valence-electron chi connectivity index (χ4n) is 5.68. The van der Waals surface area contributed by atoms with Gasteiger partial charge in [-0.05, 0) is 46.1 Å². The normalized spacial score (nSPS) is 20.1. The fraction of sp³-hybridized carbons (Fsp3) is 0.469. The van der Waals surface area contributed by atoms with E-state index in [4.69, 9.17) is 4.52 Å². The first-order valence-electron chi connectivity index (χ1n) is 13.7. The van der Waals surface area contributed by atoms with Crippen LogP contribution in [0.5, 0.6) is 0 Å². The Morgan fingerprint density at radius 1 is 1.02 bits per heavy atom. The van der Waals surface area contributed by atoms with E-state index >= 15 is 0 Å². The van der Waals surface area contributed by atoms with Crippen molar-refractivity contribution in [1.82, 2.24) is 10.1 Å². The lowest BCUT2D eigenvalue weighted by Gasteiger charge is -2.51. The average molecular weight is 545 g/mol. The summed E-state index contributed by atoms with van der Waals surface area (Å²) in [6.07, 6.45) is 2.40. The van der Waals surface area contributed by atoms with Crippen LogP contribution in [0.4, 0.5) is 16.3 Å². The standard InChI is InChI=1S/C32H40N4O4/c1-19-31(5,6)17-25(38)28(32(19,7)8)21-11-14-23(33-18-21)24(37)15-20-9-12-22(13-10-20)34-29(39)35-27-16-26(40-36-27)30(2,3)4/h9-14,16,18-19,28H,15,17H2,1-8H3,(H2,34,35,36,39). The molecule has 0 radical (unpaired) electrons. The Balaban J connectivity index is 1.35. The molecule has 1 fully saturated rings. The summed E-state index contributed by atoms with van der Waals surface area (Å²) in [6.45, 7) is 16.8. The minimum atomic E-state index is -0.445. The number of rotatable bonds is 6. The third-order valence-corrected chi connectivity index (χ3v) is 8.46. The van der Waals surface area contributed by atoms with Gasteiger partial charge in [-0.2, -0.15) is 0 Å². The number of hydrogen-bond acceptors (Lipinski definition) is 6. The van der Waals surface area contributed by atoms with Crippen LogP contribution in [0, 0.1) is 16.7 Å². The maximum atomic E-state index is 13.1. The van der Waals surface area contributed by atoms with Gasteiger partial charge in [0, 0.05) is 42.1 Å². The SMILES string of the molecule is CC1C(C)(C)CC(=O)C(c2ccc(C(=O)Cc3ccc(NC(=O)Nc4cc(C(C)(C)C)on4)cc3)nc2)C1(C)C. The van der Waals surface area contributed by atoms with Crippen LogP contribution >= 0.6 is 0 Å². The molecule has 2 heterocycles. The van der Waals surface area contributed by atoms with Crippen molar-refractivity contribution in [3.05, 3.63) is 71.2 Å². The van der Waals surface area contributed by atoms with Crippen molar-refractivity contribution in [2.24, 2.45) is 16.7 Å². The van der Waals surface area contributed by atoms with Crippen molar-refractivity contribution < 1.29 is 18.9 Å². The third kappa shape index (κ3) is 6.16. The Morgan fingerprint density at radius 2 is 1.70 bits per heavy atom. The topological polar surface area (TPSA) is 114 Å². The van der Waals surface area contributed by atoms with Crippen molar-refractivity contribution in [2.75, 3.05) is 10.6 Å². The highest BCUT2D eigenvalue weighted by Crippen LogP contribution is 2.55. The number of ketones is 2. The zero-order chi connectivity index (χ0) is 29.5. The average Bonchev–Trinajstić information content (AvgIpc) is 3.33. The van der Waals surface area contributed by atoms with Gasteiger partial charge in [-0.25, -0.2) is 4.79 Å². The maximum Gasteiger partial charge on any atom is 0.324 e. The highest BCUT2D eigenvalue weighted by molar-refractivity contribution is 5.99. The van der Waals surface area contributed by atoms with Crippen molar-refractivity contribution in [2.45, 2.75) is 79.6 Å². The maximum absolute atomic E-state index is 13.1. The summed E-state index contributed by atoms with van der Waals surface area (Å²) < 4.78 is 5.29. The summed E-state index contributed by atoms with van der Waals surface area (Å²) in [7, 11) is 0. The van der Waals surface area contributed by atoms with Gasteiger partial charge in [-0.1, -0.05) is 78.7 Å². The van der Waals surface area contributed by atoms with Crippen LogP contribution in [0.15, 0.2) is 53.2 Å². The first kappa shape index (κ1) is 29.2. The van der Waals surface area contributed by atoms with Crippen LogP contribution in [-0.2, 0) is 16.6 Å². The molecular weight excluding hydrogens is 504 g/mol. The lowest BCUT2D eigenvalue weighted by Crippen LogP contribution is -2.48. The van der Waals surface area contributed by atoms with Gasteiger partial charge in [-0.15, -0.1) is 0 Å². The number of anilines is 2. The number of amides is 2. The van der Waals surface area contributed by atoms with Crippen LogP contribution in [-0.4, -0.2) is 27.7 Å². The first-order chi connectivity index (χ1) is 18.6. The summed E-state index contributed by atoms with van der Waals surface area (Å²) in [5.41, 5.74) is 2.12. The minimum absolute atomic E-state index is 0.0531. The van der Waals surface area contributed by atoms with Crippen LogP contribution in [0.25, 0.3) is 0 Å². The molecule has 1 saturated carbocycles. The summed E-state index contributed by atoms with van der Waals surface area (Å²) in [5, 5.41) is 9.29. The number of nitrogens with one attached hydrogen (secondary N) is 2. The number of aromatic nitrogens is 2. The quantitative estimate of drug-likeness (QED) is 0.318. The smallest absolute Gasteiger partial charge is 0.324 e. The van der Waals surface area contributed by atoms with Gasteiger partial charge in [-0.3, -0.25) is 19.9 Å². The predicted molar refractivity (Wildman–Crippen MR) is 156 cm³/mol. The molecule has 0 spiro atoms. The summed E-state index contributed by atoms with van der Waals surface area (Å²) in [5.74, 6) is 1.22. The Morgan fingerprint density at radius 3 is 2.27 bits per heavy atom. The molecule has 0 saturated heterocycles. The number of hydrogen-bond donors (Lipinski definition) is 2. The highest BCUT2D eigenvalue weighted by Gasteiger charge is 2.51. The molecule has 2 unspecified atom stereocenters. The van der Waals surface area contributed by atoms with E-state index in [9.17, 15) is 14.4 Å². The molecule has 3 aromatic rings. The Labute approximate surface area is 236 Å². The zero-order valence-corrected chi connectivity index (χ0v) is 24.7. The molecule has 212 valence electrons. The Kier molecular flexibility index (Phi) is 7.76. The van der Waals surface area contributed by atoms with E-state index < -0.39 is 6.03 Å². The Hall–Kier alpha value is -3.81. The van der Waals surface area contributed by atoms with Crippen molar-refractivity contribution in [1.29, 1.82) is 0 Å². The molecule has 2 amide bonds. The van der Waals surface area contributed by atoms with Gasteiger partial charge < -0.3 is 9.84 Å². The summed E-state index contributed by atoms with van der Waals surface area (Å²) in [4.78, 5) is 42.9. The second kappa shape index (κ2) is 10.6. The molecule has 8 heteroatoms. The van der Waals surface area contributed by atoms with Gasteiger partial charge in [0.2, 0.25) is 0 Å². The van der Waals surface area contributed by atoms with E-state index in [2.05, 4.69) is 55.4 Å². The number of benzene rings is 1. The molecule has 2 atom stereocenters. The van der Waals surface area contributed by atoms with Gasteiger partial charge in [0.05, 0.1) is 0 Å². The van der Waals surface area contributed by atoms with Gasteiger partial charge in [0.25, 0.3) is 0 Å². The largest absolute Gasteiger partial charge is 0.359 e. The van der Waals surface area contributed by atoms with Gasteiger partial charge >= 0.3 is 6.03 Å². The van der Waals surface area contributed by atoms with Crippen LogP contribution < -0.4 is 10.6 Å². The number of carbonyl (C=O) groups excluding carboxylic acids is 3. The molecule has 0 bridgehead atoms. The van der Waals surface area contributed by atoms with E-state index in [0.717, 1.165) is 11.1 Å². The molecule has 40 heavy (non-hydrogen) atoms. The number of carbonyl (C=O) groups is 3. The highest BCUT2D eigenvalue weighted by atomic mass is 16.5. The third-order valence-electron chi connectivity index (χ3n) is 8.46.